The highest BCUT2D eigenvalue weighted by atomic mass is 35.5. The third kappa shape index (κ3) is 3.24. The molecule has 4 aliphatic rings. The van der Waals surface area contributed by atoms with Gasteiger partial charge < -0.3 is 24.2 Å². The monoisotopic (exact) mass is 515 g/mol. The SMILES string of the molecule is CC1(C)OC2C(O1)[C@@H](CO)O[C@H]2n1cnc2c(N3CC4(CCCC4)c4ccc(F)cc43)nc(Cl)nc21. The zero-order chi connectivity index (χ0) is 24.8. The molecule has 7 rings (SSSR count). The largest absolute Gasteiger partial charge is 0.394 e. The van der Waals surface area contributed by atoms with Gasteiger partial charge >= 0.3 is 0 Å². The fraction of sp³-hybridized carbons (Fsp3) is 0.560. The van der Waals surface area contributed by atoms with Gasteiger partial charge in [-0.15, -0.1) is 0 Å². The average Bonchev–Trinajstić information content (AvgIpc) is 3.63. The number of ether oxygens (including phenoxy) is 3. The van der Waals surface area contributed by atoms with Gasteiger partial charge in [-0.3, -0.25) is 4.57 Å². The standard InChI is InChI=1S/C25H27ClFN5O4/c1-24(2)35-18-16(10-33)34-22(19(18)36-24)32-12-28-17-20(29-23(26)30-21(17)32)31-11-25(7-3-4-8-25)14-6-5-13(27)9-15(14)31/h5-6,9,12,16,18-19,22,33H,3-4,7-8,10-11H2,1-2H3/t16-,18?,19?,22-/m1/s1. The lowest BCUT2D eigenvalue weighted by atomic mass is 9.81. The van der Waals surface area contributed by atoms with E-state index in [2.05, 4.69) is 15.0 Å². The number of rotatable bonds is 3. The molecule has 1 saturated carbocycles. The van der Waals surface area contributed by atoms with E-state index < -0.39 is 30.3 Å². The Hall–Kier alpha value is -2.37. The Balaban J connectivity index is 1.34. The summed E-state index contributed by atoms with van der Waals surface area (Å²) >= 11 is 6.46. The van der Waals surface area contributed by atoms with Gasteiger partial charge in [0.05, 0.1) is 12.9 Å². The van der Waals surface area contributed by atoms with Gasteiger partial charge in [0.25, 0.3) is 0 Å². The summed E-state index contributed by atoms with van der Waals surface area (Å²) in [5.74, 6) is -0.563. The van der Waals surface area contributed by atoms with E-state index in [4.69, 9.17) is 25.8 Å². The van der Waals surface area contributed by atoms with Crippen LogP contribution in [0, 0.1) is 5.82 Å². The molecule has 9 nitrogen and oxygen atoms in total. The molecule has 0 amide bonds. The van der Waals surface area contributed by atoms with Crippen LogP contribution < -0.4 is 4.90 Å². The van der Waals surface area contributed by atoms with Crippen molar-refractivity contribution in [3.63, 3.8) is 0 Å². The fourth-order valence-corrected chi connectivity index (χ4v) is 6.76. The Kier molecular flexibility index (Phi) is 4.95. The van der Waals surface area contributed by atoms with Crippen LogP contribution in [0.5, 0.6) is 0 Å². The first-order valence-electron chi connectivity index (χ1n) is 12.4. The number of aliphatic hydroxyl groups excluding tert-OH is 1. The maximum atomic E-state index is 14.4. The zero-order valence-electron chi connectivity index (χ0n) is 20.0. The lowest BCUT2D eigenvalue weighted by Crippen LogP contribution is -2.31. The highest BCUT2D eigenvalue weighted by Gasteiger charge is 2.56. The Bertz CT molecular complexity index is 1360. The van der Waals surface area contributed by atoms with Crippen molar-refractivity contribution in [1.29, 1.82) is 0 Å². The third-order valence-corrected chi connectivity index (χ3v) is 8.22. The van der Waals surface area contributed by atoms with Gasteiger partial charge in [0, 0.05) is 17.6 Å². The van der Waals surface area contributed by atoms with Gasteiger partial charge in [-0.25, -0.2) is 9.37 Å². The third-order valence-electron chi connectivity index (χ3n) is 8.05. The molecule has 4 atom stereocenters. The van der Waals surface area contributed by atoms with Crippen LogP contribution in [0.3, 0.4) is 0 Å². The molecule has 0 radical (unpaired) electrons. The smallest absolute Gasteiger partial charge is 0.226 e. The number of nitrogens with zero attached hydrogens (tertiary/aromatic N) is 5. The van der Waals surface area contributed by atoms with E-state index in [1.807, 2.05) is 24.8 Å². The molecule has 11 heteroatoms. The van der Waals surface area contributed by atoms with E-state index in [0.29, 0.717) is 23.5 Å². The fourth-order valence-electron chi connectivity index (χ4n) is 6.60. The minimum atomic E-state index is -0.808. The van der Waals surface area contributed by atoms with E-state index in [9.17, 15) is 9.50 Å². The van der Waals surface area contributed by atoms with Crippen LogP contribution in [0.2, 0.25) is 5.28 Å². The number of fused-ring (bicyclic) bond motifs is 4. The van der Waals surface area contributed by atoms with Gasteiger partial charge in [-0.05, 0) is 56.0 Å². The lowest BCUT2D eigenvalue weighted by molar-refractivity contribution is -0.199. The van der Waals surface area contributed by atoms with Gasteiger partial charge in [-0.2, -0.15) is 9.97 Å². The van der Waals surface area contributed by atoms with E-state index in [0.717, 1.165) is 36.9 Å². The number of aliphatic hydroxyl groups is 1. The maximum Gasteiger partial charge on any atom is 0.226 e. The van der Waals surface area contributed by atoms with E-state index >= 15 is 0 Å². The number of imidazole rings is 1. The van der Waals surface area contributed by atoms with Crippen LogP contribution in [-0.4, -0.2) is 61.9 Å². The quantitative estimate of drug-likeness (QED) is 0.523. The minimum absolute atomic E-state index is 0.0356. The molecule has 2 unspecified atom stereocenters. The molecule has 1 aliphatic carbocycles. The zero-order valence-corrected chi connectivity index (χ0v) is 20.8. The molecular formula is C25H27ClFN5O4. The predicted molar refractivity (Wildman–Crippen MR) is 129 cm³/mol. The Morgan fingerprint density at radius 3 is 2.72 bits per heavy atom. The molecule has 36 heavy (non-hydrogen) atoms. The average molecular weight is 516 g/mol. The highest BCUT2D eigenvalue weighted by molar-refractivity contribution is 6.28. The first-order chi connectivity index (χ1) is 17.3. The van der Waals surface area contributed by atoms with Crippen LogP contribution in [0.4, 0.5) is 15.9 Å². The minimum Gasteiger partial charge on any atom is -0.394 e. The van der Waals surface area contributed by atoms with E-state index in [-0.39, 0.29) is 23.1 Å². The van der Waals surface area contributed by atoms with Crippen molar-refractivity contribution in [2.45, 2.75) is 75.3 Å². The summed E-state index contributed by atoms with van der Waals surface area (Å²) in [4.78, 5) is 15.8. The first kappa shape index (κ1) is 22.8. The molecule has 0 bridgehead atoms. The van der Waals surface area contributed by atoms with E-state index in [1.165, 1.54) is 6.07 Å². The molecular weight excluding hydrogens is 489 g/mol. The summed E-state index contributed by atoms with van der Waals surface area (Å²) in [5, 5.41) is 9.95. The lowest BCUT2D eigenvalue weighted by Gasteiger charge is -2.25. The summed E-state index contributed by atoms with van der Waals surface area (Å²) in [6.07, 6.45) is 3.95. The van der Waals surface area contributed by atoms with Crippen molar-refractivity contribution in [2.75, 3.05) is 18.1 Å². The van der Waals surface area contributed by atoms with Crippen molar-refractivity contribution in [3.05, 3.63) is 41.2 Å². The van der Waals surface area contributed by atoms with Gasteiger partial charge in [0.15, 0.2) is 29.0 Å². The maximum absolute atomic E-state index is 14.4. The molecule has 5 heterocycles. The summed E-state index contributed by atoms with van der Waals surface area (Å²) in [7, 11) is 0. The summed E-state index contributed by atoms with van der Waals surface area (Å²) < 4.78 is 34.5. The molecule has 1 spiro atoms. The van der Waals surface area contributed by atoms with Crippen molar-refractivity contribution < 1.29 is 23.7 Å². The van der Waals surface area contributed by atoms with Crippen molar-refractivity contribution in [2.24, 2.45) is 0 Å². The number of anilines is 2. The second-order valence-corrected chi connectivity index (χ2v) is 11.0. The summed E-state index contributed by atoms with van der Waals surface area (Å²) in [6, 6.07) is 5.02. The number of aromatic nitrogens is 4. The number of halogens is 2. The van der Waals surface area contributed by atoms with Crippen LogP contribution >= 0.6 is 11.6 Å². The number of hydrogen-bond donors (Lipinski definition) is 1. The van der Waals surface area contributed by atoms with Crippen molar-refractivity contribution in [1.82, 2.24) is 19.5 Å². The molecule has 3 fully saturated rings. The number of hydrogen-bond acceptors (Lipinski definition) is 8. The van der Waals surface area contributed by atoms with E-state index in [1.54, 1.807) is 17.0 Å². The molecule has 3 aliphatic heterocycles. The Labute approximate surface area is 212 Å². The van der Waals surface area contributed by atoms with Gasteiger partial charge in [0.1, 0.15) is 24.1 Å². The van der Waals surface area contributed by atoms with Crippen LogP contribution in [0.25, 0.3) is 11.2 Å². The van der Waals surface area contributed by atoms with Crippen molar-refractivity contribution >= 4 is 34.3 Å². The predicted octanol–water partition coefficient (Wildman–Crippen LogP) is 3.99. The number of benzene rings is 1. The van der Waals surface area contributed by atoms with Crippen LogP contribution in [0.1, 0.15) is 51.3 Å². The molecule has 190 valence electrons. The molecule has 2 saturated heterocycles. The second-order valence-electron chi connectivity index (χ2n) is 10.7. The Morgan fingerprint density at radius 1 is 1.17 bits per heavy atom. The Morgan fingerprint density at radius 2 is 1.94 bits per heavy atom. The van der Waals surface area contributed by atoms with Crippen molar-refractivity contribution in [3.8, 4) is 0 Å². The summed E-state index contributed by atoms with van der Waals surface area (Å²) in [6.45, 7) is 4.15. The van der Waals surface area contributed by atoms with Gasteiger partial charge in [0.2, 0.25) is 5.28 Å². The topological polar surface area (TPSA) is 94.8 Å². The molecule has 1 aromatic carbocycles. The van der Waals surface area contributed by atoms with Gasteiger partial charge in [-0.1, -0.05) is 18.9 Å². The molecule has 2 aromatic heterocycles. The summed E-state index contributed by atoms with van der Waals surface area (Å²) in [5.41, 5.74) is 2.93. The highest BCUT2D eigenvalue weighted by Crippen LogP contribution is 2.53. The second kappa shape index (κ2) is 7.82. The molecule has 1 N–H and O–H groups in total. The normalized spacial score (nSPS) is 30.0. The first-order valence-corrected chi connectivity index (χ1v) is 12.8. The van der Waals surface area contributed by atoms with Crippen LogP contribution in [0.15, 0.2) is 24.5 Å². The molecule has 3 aromatic rings. The van der Waals surface area contributed by atoms with Crippen LogP contribution in [-0.2, 0) is 19.6 Å².